The maximum Gasteiger partial charge on any atom is 0.490 e. The molecule has 32 heavy (non-hydrogen) atoms. The Kier molecular flexibility index (Phi) is 7.66. The summed E-state index contributed by atoms with van der Waals surface area (Å²) < 4.78 is 33.8. The molecule has 1 aliphatic rings. The molecule has 0 radical (unpaired) electrons. The second kappa shape index (κ2) is 8.99. The molecule has 2 N–H and O–H groups in total. The number of hydrogen-bond donors (Lipinski definition) is 1. The van der Waals surface area contributed by atoms with E-state index >= 15 is 0 Å². The highest BCUT2D eigenvalue weighted by atomic mass is 28.4. The lowest BCUT2D eigenvalue weighted by atomic mass is 9.63. The lowest BCUT2D eigenvalue weighted by molar-refractivity contribution is 0.00578. The number of halogens is 1. The van der Waals surface area contributed by atoms with Crippen molar-refractivity contribution in [1.29, 1.82) is 0 Å². The van der Waals surface area contributed by atoms with E-state index in [1.807, 2.05) is 40.7 Å². The fourth-order valence-corrected chi connectivity index (χ4v) is 4.82. The zero-order valence-electron chi connectivity index (χ0n) is 21.8. The highest BCUT2D eigenvalue weighted by molar-refractivity contribution is 6.74. The summed E-state index contributed by atoms with van der Waals surface area (Å²) in [5, 5.41) is 0.1000. The highest BCUT2D eigenvalue weighted by Gasteiger charge is 2.54. The normalized spacial score (nSPS) is 21.3. The van der Waals surface area contributed by atoms with Crippen LogP contribution in [0.15, 0.2) is 36.3 Å². The van der Waals surface area contributed by atoms with E-state index in [4.69, 9.17) is 19.5 Å². The average Bonchev–Trinajstić information content (AvgIpc) is 2.85. The van der Waals surface area contributed by atoms with Crippen molar-refractivity contribution in [2.45, 2.75) is 96.7 Å². The van der Waals surface area contributed by atoms with Crippen LogP contribution in [-0.2, 0) is 19.3 Å². The average molecular weight is 464 g/mol. The fourth-order valence-electron chi connectivity index (χ4n) is 3.76. The van der Waals surface area contributed by atoms with Gasteiger partial charge in [0.25, 0.3) is 0 Å². The monoisotopic (exact) mass is 463 g/mol. The van der Waals surface area contributed by atoms with E-state index in [0.717, 1.165) is 5.47 Å². The Morgan fingerprint density at radius 1 is 1.12 bits per heavy atom. The van der Waals surface area contributed by atoms with Crippen molar-refractivity contribution in [2.75, 3.05) is 6.61 Å². The first-order valence-electron chi connectivity index (χ1n) is 11.6. The van der Waals surface area contributed by atoms with Crippen molar-refractivity contribution in [3.05, 3.63) is 47.7 Å². The summed E-state index contributed by atoms with van der Waals surface area (Å²) in [5.41, 5.74) is 6.04. The maximum atomic E-state index is 14.8. The molecule has 0 bridgehead atoms. The molecule has 0 amide bonds. The number of rotatable bonds is 8. The van der Waals surface area contributed by atoms with E-state index in [0.29, 0.717) is 18.6 Å². The molecule has 0 spiro atoms. The Bertz CT molecular complexity index is 817. The van der Waals surface area contributed by atoms with Gasteiger partial charge in [-0.05, 0) is 70.7 Å². The molecule has 7 heteroatoms. The Morgan fingerprint density at radius 2 is 1.62 bits per heavy atom. The van der Waals surface area contributed by atoms with Gasteiger partial charge in [-0.2, -0.15) is 0 Å². The predicted molar refractivity (Wildman–Crippen MR) is 134 cm³/mol. The standard InChI is InChI=1S/C25H43BFNO3Si/c1-18(26-30-23(5,6)24(7,8)31-26)19(16-17-29-32(10,11)22(2,3)4)25(9,28)20-14-12-13-15-21(20)27/h12-15,19H,1,16-17,28H2,2-11H3/t19-,25+/m0/s1. The first-order valence-corrected chi connectivity index (χ1v) is 14.5. The molecule has 1 fully saturated rings. The molecule has 1 aromatic rings. The van der Waals surface area contributed by atoms with Crippen LogP contribution in [0.25, 0.3) is 0 Å². The third-order valence-electron chi connectivity index (χ3n) is 7.86. The van der Waals surface area contributed by atoms with E-state index in [9.17, 15) is 4.39 Å². The smallest absolute Gasteiger partial charge is 0.417 e. The zero-order chi connectivity index (χ0) is 24.8. The van der Waals surface area contributed by atoms with Gasteiger partial charge in [0, 0.05) is 23.6 Å². The van der Waals surface area contributed by atoms with Gasteiger partial charge in [0.1, 0.15) is 5.82 Å². The van der Waals surface area contributed by atoms with Gasteiger partial charge in [-0.3, -0.25) is 0 Å². The van der Waals surface area contributed by atoms with Crippen molar-refractivity contribution in [2.24, 2.45) is 11.7 Å². The predicted octanol–water partition coefficient (Wildman–Crippen LogP) is 6.22. The van der Waals surface area contributed by atoms with Gasteiger partial charge in [-0.25, -0.2) is 4.39 Å². The quantitative estimate of drug-likeness (QED) is 0.466. The minimum atomic E-state index is -1.94. The van der Waals surface area contributed by atoms with Crippen LogP contribution in [0.1, 0.15) is 67.4 Å². The SMILES string of the molecule is C=C(B1OC(C)(C)C(C)(C)O1)[C@H](CCO[Si](C)(C)C(C)(C)C)[C@@](C)(N)c1ccccc1F. The molecule has 1 aromatic carbocycles. The number of hydrogen-bond acceptors (Lipinski definition) is 4. The zero-order valence-corrected chi connectivity index (χ0v) is 22.8. The maximum absolute atomic E-state index is 14.8. The highest BCUT2D eigenvalue weighted by Crippen LogP contribution is 2.44. The molecule has 4 nitrogen and oxygen atoms in total. The molecule has 2 atom stereocenters. The lowest BCUT2D eigenvalue weighted by Gasteiger charge is -2.39. The second-order valence-electron chi connectivity index (χ2n) is 11.9. The van der Waals surface area contributed by atoms with Gasteiger partial charge in [0.05, 0.1) is 11.2 Å². The minimum Gasteiger partial charge on any atom is -0.417 e. The minimum absolute atomic E-state index is 0.1000. The molecule has 0 aliphatic carbocycles. The van der Waals surface area contributed by atoms with Gasteiger partial charge in [0.2, 0.25) is 0 Å². The van der Waals surface area contributed by atoms with E-state index < -0.39 is 32.2 Å². The van der Waals surface area contributed by atoms with E-state index in [2.05, 4.69) is 40.4 Å². The largest absolute Gasteiger partial charge is 0.490 e. The third kappa shape index (κ3) is 5.39. The van der Waals surface area contributed by atoms with Crippen molar-refractivity contribution in [3.8, 4) is 0 Å². The molecular formula is C25H43BFNO3Si. The van der Waals surface area contributed by atoms with Gasteiger partial charge >= 0.3 is 7.12 Å². The summed E-state index contributed by atoms with van der Waals surface area (Å²) in [6, 6.07) is 6.67. The molecule has 1 aliphatic heterocycles. The van der Waals surface area contributed by atoms with Crippen LogP contribution in [0, 0.1) is 11.7 Å². The topological polar surface area (TPSA) is 53.7 Å². The fraction of sp³-hybridized carbons (Fsp3) is 0.680. The summed E-state index contributed by atoms with van der Waals surface area (Å²) in [6.07, 6.45) is 0.594. The first kappa shape index (κ1) is 27.3. The molecule has 180 valence electrons. The van der Waals surface area contributed by atoms with Crippen molar-refractivity contribution in [3.63, 3.8) is 0 Å². The molecule has 0 saturated carbocycles. The van der Waals surface area contributed by atoms with Gasteiger partial charge in [-0.15, -0.1) is 6.58 Å². The Labute approximate surface area is 196 Å². The van der Waals surface area contributed by atoms with Crippen molar-refractivity contribution >= 4 is 15.4 Å². The van der Waals surface area contributed by atoms with Gasteiger partial charge in [0.15, 0.2) is 8.32 Å². The van der Waals surface area contributed by atoms with Crippen LogP contribution in [0.2, 0.25) is 18.1 Å². The Balaban J connectivity index is 2.35. The van der Waals surface area contributed by atoms with Crippen molar-refractivity contribution < 1.29 is 18.1 Å². The van der Waals surface area contributed by atoms with Crippen LogP contribution < -0.4 is 5.73 Å². The van der Waals surface area contributed by atoms with Crippen LogP contribution in [0.3, 0.4) is 0 Å². The Hall–Kier alpha value is -0.988. The third-order valence-corrected chi connectivity index (χ3v) is 12.4. The van der Waals surface area contributed by atoms with Crippen LogP contribution in [0.5, 0.6) is 0 Å². The van der Waals surface area contributed by atoms with E-state index in [-0.39, 0.29) is 16.8 Å². The Morgan fingerprint density at radius 3 is 2.09 bits per heavy atom. The first-order chi connectivity index (χ1) is 14.3. The van der Waals surface area contributed by atoms with Crippen LogP contribution in [-0.4, -0.2) is 33.2 Å². The molecular weight excluding hydrogens is 420 g/mol. The van der Waals surface area contributed by atoms with Crippen LogP contribution >= 0.6 is 0 Å². The van der Waals surface area contributed by atoms with Crippen molar-refractivity contribution in [1.82, 2.24) is 0 Å². The number of nitrogens with two attached hydrogens (primary N) is 1. The molecule has 1 saturated heterocycles. The second-order valence-corrected chi connectivity index (χ2v) is 16.7. The van der Waals surface area contributed by atoms with Crippen LogP contribution in [0.4, 0.5) is 4.39 Å². The van der Waals surface area contributed by atoms with E-state index in [1.54, 1.807) is 12.1 Å². The lowest BCUT2D eigenvalue weighted by Crippen LogP contribution is -2.47. The summed E-state index contributed by atoms with van der Waals surface area (Å²) >= 11 is 0. The summed E-state index contributed by atoms with van der Waals surface area (Å²) in [6.45, 7) is 25.9. The molecule has 1 heterocycles. The number of benzene rings is 1. The van der Waals surface area contributed by atoms with E-state index in [1.165, 1.54) is 6.07 Å². The summed E-state index contributed by atoms with van der Waals surface area (Å²) in [4.78, 5) is 0. The van der Waals surface area contributed by atoms with Gasteiger partial charge in [-0.1, -0.05) is 39.0 Å². The summed E-state index contributed by atoms with van der Waals surface area (Å²) in [5.74, 6) is -0.631. The molecule has 2 rings (SSSR count). The summed E-state index contributed by atoms with van der Waals surface area (Å²) in [7, 11) is -2.56. The molecule has 0 unspecified atom stereocenters. The van der Waals surface area contributed by atoms with Gasteiger partial charge < -0.3 is 19.5 Å². The molecule has 0 aromatic heterocycles.